The van der Waals surface area contributed by atoms with Crippen LogP contribution in [0.2, 0.25) is 5.02 Å². The molecule has 0 radical (unpaired) electrons. The molecule has 6 nitrogen and oxygen atoms in total. The molecule has 0 bridgehead atoms. The number of carbonyl (C=O) groups is 2. The van der Waals surface area contributed by atoms with Gasteiger partial charge in [-0.05, 0) is 73.9 Å². The summed E-state index contributed by atoms with van der Waals surface area (Å²) in [6.45, 7) is 0.859. The van der Waals surface area contributed by atoms with E-state index in [1.165, 1.54) is 0 Å². The Morgan fingerprint density at radius 2 is 1.57 bits per heavy atom. The fraction of sp³-hybridized carbons (Fsp3) is 0.391. The number of amides is 2. The van der Waals surface area contributed by atoms with Crippen LogP contribution in [0.1, 0.15) is 25.7 Å². The minimum absolute atomic E-state index is 0.171. The number of carbonyl (C=O) groups excluding carboxylic acids is 1. The predicted octanol–water partition coefficient (Wildman–Crippen LogP) is 5.10. The third-order valence-electron chi connectivity index (χ3n) is 5.39. The standard InChI is InChI=1S/C23H27ClN2O4/c24-19-10-12-21(13-11-19)26(20-4-2-1-3-5-20)23(29)25-14-17-6-8-18(9-7-17)15-30-16-22(27)28/h1-5,10-13,17-18H,6-9,14-16H2,(H,25,29)(H,27,28). The molecule has 0 saturated heterocycles. The number of hydrogen-bond donors (Lipinski definition) is 2. The van der Waals surface area contributed by atoms with E-state index in [1.807, 2.05) is 42.5 Å². The number of nitrogens with zero attached hydrogens (tertiary/aromatic N) is 1. The van der Waals surface area contributed by atoms with Crippen LogP contribution in [0.4, 0.5) is 16.2 Å². The predicted molar refractivity (Wildman–Crippen MR) is 117 cm³/mol. The van der Waals surface area contributed by atoms with Crippen LogP contribution >= 0.6 is 11.6 Å². The summed E-state index contributed by atoms with van der Waals surface area (Å²) in [7, 11) is 0. The van der Waals surface area contributed by atoms with Gasteiger partial charge in [0, 0.05) is 11.6 Å². The largest absolute Gasteiger partial charge is 0.480 e. The summed E-state index contributed by atoms with van der Waals surface area (Å²) in [5.41, 5.74) is 1.54. The average Bonchev–Trinajstić information content (AvgIpc) is 2.75. The second-order valence-electron chi connectivity index (χ2n) is 7.63. The van der Waals surface area contributed by atoms with Crippen LogP contribution in [0.25, 0.3) is 0 Å². The average molecular weight is 431 g/mol. The van der Waals surface area contributed by atoms with Crippen molar-refractivity contribution in [3.8, 4) is 0 Å². The molecule has 1 fully saturated rings. The Bertz CT molecular complexity index is 821. The summed E-state index contributed by atoms with van der Waals surface area (Å²) in [6.07, 6.45) is 3.96. The highest BCUT2D eigenvalue weighted by Crippen LogP contribution is 2.30. The first-order valence-corrected chi connectivity index (χ1v) is 10.6. The van der Waals surface area contributed by atoms with Gasteiger partial charge >= 0.3 is 12.0 Å². The van der Waals surface area contributed by atoms with E-state index in [0.717, 1.165) is 37.1 Å². The van der Waals surface area contributed by atoms with Crippen LogP contribution < -0.4 is 10.2 Å². The zero-order chi connectivity index (χ0) is 21.3. The van der Waals surface area contributed by atoms with Crippen LogP contribution in [0.15, 0.2) is 54.6 Å². The summed E-state index contributed by atoms with van der Waals surface area (Å²) in [5, 5.41) is 12.4. The summed E-state index contributed by atoms with van der Waals surface area (Å²) in [6, 6.07) is 16.6. The van der Waals surface area contributed by atoms with Crippen molar-refractivity contribution in [2.24, 2.45) is 11.8 Å². The number of rotatable bonds is 8. The topological polar surface area (TPSA) is 78.9 Å². The van der Waals surface area contributed by atoms with Gasteiger partial charge in [0.1, 0.15) is 6.61 Å². The van der Waals surface area contributed by atoms with Crippen LogP contribution in [0, 0.1) is 11.8 Å². The van der Waals surface area contributed by atoms with E-state index in [4.69, 9.17) is 21.4 Å². The van der Waals surface area contributed by atoms with Gasteiger partial charge < -0.3 is 15.2 Å². The molecule has 1 aliphatic carbocycles. The Balaban J connectivity index is 1.54. The maximum Gasteiger partial charge on any atom is 0.329 e. The molecule has 160 valence electrons. The zero-order valence-corrected chi connectivity index (χ0v) is 17.6. The van der Waals surface area contributed by atoms with Gasteiger partial charge in [-0.2, -0.15) is 0 Å². The molecule has 0 unspecified atom stereocenters. The molecule has 2 amide bonds. The van der Waals surface area contributed by atoms with Crippen molar-refractivity contribution in [3.63, 3.8) is 0 Å². The van der Waals surface area contributed by atoms with Gasteiger partial charge in [0.15, 0.2) is 0 Å². The number of halogens is 1. The molecule has 3 rings (SSSR count). The quantitative estimate of drug-likeness (QED) is 0.611. The van der Waals surface area contributed by atoms with Crippen molar-refractivity contribution in [1.82, 2.24) is 5.32 Å². The molecule has 0 heterocycles. The number of ether oxygens (including phenoxy) is 1. The minimum atomic E-state index is -0.935. The van der Waals surface area contributed by atoms with Crippen molar-refractivity contribution in [1.29, 1.82) is 0 Å². The highest BCUT2D eigenvalue weighted by molar-refractivity contribution is 6.30. The fourth-order valence-corrected chi connectivity index (χ4v) is 3.90. The van der Waals surface area contributed by atoms with Crippen LogP contribution in [-0.2, 0) is 9.53 Å². The smallest absolute Gasteiger partial charge is 0.329 e. The first kappa shape index (κ1) is 22.1. The third-order valence-corrected chi connectivity index (χ3v) is 5.64. The molecule has 0 spiro atoms. The lowest BCUT2D eigenvalue weighted by atomic mass is 9.82. The number of carboxylic acid groups (broad SMARTS) is 1. The minimum Gasteiger partial charge on any atom is -0.480 e. The Hall–Kier alpha value is -2.57. The lowest BCUT2D eigenvalue weighted by Crippen LogP contribution is -2.40. The van der Waals surface area contributed by atoms with Crippen molar-refractivity contribution >= 4 is 35.0 Å². The van der Waals surface area contributed by atoms with Gasteiger partial charge in [-0.1, -0.05) is 29.8 Å². The summed E-state index contributed by atoms with van der Waals surface area (Å²) in [4.78, 5) is 25.2. The number of aliphatic carboxylic acids is 1. The van der Waals surface area contributed by atoms with Gasteiger partial charge in [0.05, 0.1) is 18.0 Å². The number of carboxylic acids is 1. The summed E-state index contributed by atoms with van der Waals surface area (Å²) < 4.78 is 5.22. The number of nitrogens with one attached hydrogen (secondary N) is 1. The molecule has 2 aromatic rings. The van der Waals surface area contributed by atoms with E-state index in [0.29, 0.717) is 30.0 Å². The van der Waals surface area contributed by atoms with Crippen molar-refractivity contribution in [3.05, 3.63) is 59.6 Å². The van der Waals surface area contributed by atoms with E-state index < -0.39 is 5.97 Å². The molecule has 0 aliphatic heterocycles. The summed E-state index contributed by atoms with van der Waals surface area (Å²) in [5.74, 6) is -0.131. The molecule has 1 aliphatic rings. The van der Waals surface area contributed by atoms with Gasteiger partial charge in [0.2, 0.25) is 0 Å². The number of hydrogen-bond acceptors (Lipinski definition) is 3. The van der Waals surface area contributed by atoms with Gasteiger partial charge in [-0.15, -0.1) is 0 Å². The Morgan fingerprint density at radius 3 is 2.20 bits per heavy atom. The maximum absolute atomic E-state index is 13.0. The van der Waals surface area contributed by atoms with E-state index in [9.17, 15) is 9.59 Å². The lowest BCUT2D eigenvalue weighted by Gasteiger charge is -2.29. The van der Waals surface area contributed by atoms with Crippen LogP contribution in [0.5, 0.6) is 0 Å². The van der Waals surface area contributed by atoms with Gasteiger partial charge in [-0.25, -0.2) is 9.59 Å². The van der Waals surface area contributed by atoms with Crippen molar-refractivity contribution in [2.45, 2.75) is 25.7 Å². The molecule has 7 heteroatoms. The maximum atomic E-state index is 13.0. The van der Waals surface area contributed by atoms with Crippen LogP contribution in [0.3, 0.4) is 0 Å². The molecule has 2 N–H and O–H groups in total. The number of urea groups is 1. The van der Waals surface area contributed by atoms with Gasteiger partial charge in [-0.3, -0.25) is 4.90 Å². The molecule has 2 aromatic carbocycles. The molecule has 30 heavy (non-hydrogen) atoms. The Labute approximate surface area is 181 Å². The van der Waals surface area contributed by atoms with E-state index >= 15 is 0 Å². The monoisotopic (exact) mass is 430 g/mol. The number of benzene rings is 2. The Kier molecular flexibility index (Phi) is 8.11. The molecular formula is C23H27ClN2O4. The highest BCUT2D eigenvalue weighted by atomic mass is 35.5. The van der Waals surface area contributed by atoms with Crippen molar-refractivity contribution in [2.75, 3.05) is 24.7 Å². The number of anilines is 2. The second kappa shape index (κ2) is 11.0. The lowest BCUT2D eigenvalue weighted by molar-refractivity contribution is -0.142. The highest BCUT2D eigenvalue weighted by Gasteiger charge is 2.24. The zero-order valence-electron chi connectivity index (χ0n) is 16.8. The molecular weight excluding hydrogens is 404 g/mol. The normalized spacial score (nSPS) is 18.6. The Morgan fingerprint density at radius 1 is 0.967 bits per heavy atom. The molecule has 0 atom stereocenters. The SMILES string of the molecule is O=C(O)COCC1CCC(CNC(=O)N(c2ccccc2)c2ccc(Cl)cc2)CC1. The van der Waals surface area contributed by atoms with E-state index in [-0.39, 0.29) is 12.6 Å². The van der Waals surface area contributed by atoms with E-state index in [1.54, 1.807) is 17.0 Å². The molecule has 1 saturated carbocycles. The number of para-hydroxylation sites is 1. The fourth-order valence-electron chi connectivity index (χ4n) is 3.78. The second-order valence-corrected chi connectivity index (χ2v) is 8.07. The molecule has 0 aromatic heterocycles. The first-order valence-electron chi connectivity index (χ1n) is 10.2. The van der Waals surface area contributed by atoms with E-state index in [2.05, 4.69) is 5.32 Å². The van der Waals surface area contributed by atoms with Crippen molar-refractivity contribution < 1.29 is 19.4 Å². The van der Waals surface area contributed by atoms with Crippen LogP contribution in [-0.4, -0.2) is 36.9 Å². The third kappa shape index (κ3) is 6.47. The summed E-state index contributed by atoms with van der Waals surface area (Å²) >= 11 is 6.01. The van der Waals surface area contributed by atoms with Gasteiger partial charge in [0.25, 0.3) is 0 Å². The first-order chi connectivity index (χ1) is 14.5.